The first-order valence-corrected chi connectivity index (χ1v) is 12.7. The average Bonchev–Trinajstić information content (AvgIpc) is 3.37. The van der Waals surface area contributed by atoms with Crippen LogP contribution >= 0.6 is 23.8 Å². The standard InChI is InChI=1S/C26H25ClF3N5O3S/c1-16-14-22(26(28,29)30)32-34(16)13-3-12-33-21(15-23(36)31-18-6-10-20(38-2)11-7-18)24(37)35(25(33)39)19-8-4-17(27)5-9-19/h4-11,14,21H,3,12-13,15H2,1-2H3,(H,31,36). The van der Waals surface area contributed by atoms with Crippen LogP contribution in [-0.2, 0) is 22.3 Å². The molecule has 1 saturated heterocycles. The Labute approximate surface area is 233 Å². The smallest absolute Gasteiger partial charge is 0.435 e. The van der Waals surface area contributed by atoms with E-state index in [2.05, 4.69) is 10.4 Å². The number of aryl methyl sites for hydroxylation is 2. The molecule has 0 aliphatic carbocycles. The number of alkyl halides is 3. The summed E-state index contributed by atoms with van der Waals surface area (Å²) in [5, 5.41) is 7.10. The minimum atomic E-state index is -4.54. The van der Waals surface area contributed by atoms with Gasteiger partial charge in [0.25, 0.3) is 5.91 Å². The van der Waals surface area contributed by atoms with Gasteiger partial charge in [0.1, 0.15) is 11.8 Å². The number of hydrogen-bond acceptors (Lipinski definition) is 5. The molecule has 0 spiro atoms. The number of methoxy groups -OCH3 is 1. The van der Waals surface area contributed by atoms with Crippen molar-refractivity contribution in [3.05, 3.63) is 71.0 Å². The van der Waals surface area contributed by atoms with Gasteiger partial charge in [-0.15, -0.1) is 0 Å². The van der Waals surface area contributed by atoms with Gasteiger partial charge >= 0.3 is 6.18 Å². The number of benzene rings is 2. The second-order valence-corrected chi connectivity index (χ2v) is 9.67. The van der Waals surface area contributed by atoms with Crippen molar-refractivity contribution in [3.8, 4) is 5.75 Å². The van der Waals surface area contributed by atoms with E-state index in [1.165, 1.54) is 16.7 Å². The van der Waals surface area contributed by atoms with Gasteiger partial charge in [-0.3, -0.25) is 19.2 Å². The molecule has 4 rings (SSSR count). The number of thiocarbonyl (C=S) groups is 1. The van der Waals surface area contributed by atoms with Crippen molar-refractivity contribution in [2.45, 2.75) is 38.5 Å². The first-order valence-electron chi connectivity index (χ1n) is 11.9. The molecule has 3 aromatic rings. The zero-order valence-electron chi connectivity index (χ0n) is 21.0. The van der Waals surface area contributed by atoms with Crippen molar-refractivity contribution >= 4 is 52.1 Å². The zero-order chi connectivity index (χ0) is 28.3. The summed E-state index contributed by atoms with van der Waals surface area (Å²) in [6.07, 6.45) is -4.40. The molecule has 2 aromatic carbocycles. The largest absolute Gasteiger partial charge is 0.497 e. The number of nitrogens with zero attached hydrogens (tertiary/aromatic N) is 4. The minimum absolute atomic E-state index is 0.168. The molecule has 0 radical (unpaired) electrons. The Balaban J connectivity index is 1.51. The van der Waals surface area contributed by atoms with Gasteiger partial charge in [0.15, 0.2) is 10.8 Å². The summed E-state index contributed by atoms with van der Waals surface area (Å²) >= 11 is 11.6. The first-order chi connectivity index (χ1) is 18.5. The van der Waals surface area contributed by atoms with Crippen LogP contribution in [0, 0.1) is 6.92 Å². The second-order valence-electron chi connectivity index (χ2n) is 8.87. The van der Waals surface area contributed by atoms with E-state index < -0.39 is 23.8 Å². The Bertz CT molecular complexity index is 1360. The molecular weight excluding hydrogens is 555 g/mol. The molecule has 39 heavy (non-hydrogen) atoms. The molecule has 1 aliphatic heterocycles. The Morgan fingerprint density at radius 3 is 2.38 bits per heavy atom. The van der Waals surface area contributed by atoms with Crippen LogP contribution in [0.1, 0.15) is 24.2 Å². The summed E-state index contributed by atoms with van der Waals surface area (Å²) in [6.45, 7) is 1.93. The highest BCUT2D eigenvalue weighted by atomic mass is 35.5. The Morgan fingerprint density at radius 2 is 1.79 bits per heavy atom. The predicted octanol–water partition coefficient (Wildman–Crippen LogP) is 5.29. The lowest BCUT2D eigenvalue weighted by atomic mass is 10.1. The van der Waals surface area contributed by atoms with Gasteiger partial charge in [0, 0.05) is 29.5 Å². The molecule has 0 saturated carbocycles. The third kappa shape index (κ3) is 6.51. The number of amides is 2. The fourth-order valence-corrected chi connectivity index (χ4v) is 4.78. The number of carbonyl (C=O) groups is 2. The molecule has 2 heterocycles. The van der Waals surface area contributed by atoms with Gasteiger partial charge in [-0.05, 0) is 80.2 Å². The molecule has 206 valence electrons. The van der Waals surface area contributed by atoms with Crippen LogP contribution < -0.4 is 15.0 Å². The van der Waals surface area contributed by atoms with E-state index in [1.807, 2.05) is 0 Å². The second kappa shape index (κ2) is 11.6. The van der Waals surface area contributed by atoms with Gasteiger partial charge in [0.05, 0.1) is 19.2 Å². The summed E-state index contributed by atoms with van der Waals surface area (Å²) in [5.41, 5.74) is 0.425. The van der Waals surface area contributed by atoms with Crippen LogP contribution in [0.2, 0.25) is 5.02 Å². The molecule has 1 aliphatic rings. The third-order valence-corrected chi connectivity index (χ3v) is 6.87. The van der Waals surface area contributed by atoms with E-state index in [4.69, 9.17) is 28.6 Å². The van der Waals surface area contributed by atoms with E-state index in [1.54, 1.807) is 60.4 Å². The van der Waals surface area contributed by atoms with Crippen LogP contribution in [0.25, 0.3) is 0 Å². The number of nitrogens with one attached hydrogen (secondary N) is 1. The Hall–Kier alpha value is -3.64. The Kier molecular flexibility index (Phi) is 8.45. The minimum Gasteiger partial charge on any atom is -0.497 e. The number of aromatic nitrogens is 2. The fraction of sp³-hybridized carbons (Fsp3) is 0.308. The van der Waals surface area contributed by atoms with Crippen molar-refractivity contribution in [2.24, 2.45) is 0 Å². The maximum atomic E-state index is 13.5. The molecule has 1 unspecified atom stereocenters. The number of ether oxygens (including phenoxy) is 1. The summed E-state index contributed by atoms with van der Waals surface area (Å²) in [5.74, 6) is -0.160. The van der Waals surface area contributed by atoms with Crippen LogP contribution in [0.15, 0.2) is 54.6 Å². The number of anilines is 2. The molecule has 0 bridgehead atoms. The van der Waals surface area contributed by atoms with Crippen molar-refractivity contribution < 1.29 is 27.5 Å². The van der Waals surface area contributed by atoms with Gasteiger partial charge in [-0.2, -0.15) is 18.3 Å². The van der Waals surface area contributed by atoms with Crippen LogP contribution in [0.4, 0.5) is 24.5 Å². The van der Waals surface area contributed by atoms with Crippen molar-refractivity contribution in [1.29, 1.82) is 0 Å². The van der Waals surface area contributed by atoms with Crippen molar-refractivity contribution in [1.82, 2.24) is 14.7 Å². The number of hydrogen-bond donors (Lipinski definition) is 1. The first kappa shape index (κ1) is 28.4. The summed E-state index contributed by atoms with van der Waals surface area (Å²) in [7, 11) is 1.53. The van der Waals surface area contributed by atoms with Gasteiger partial charge in [-0.1, -0.05) is 11.6 Å². The highest BCUT2D eigenvalue weighted by Crippen LogP contribution is 2.30. The summed E-state index contributed by atoms with van der Waals surface area (Å²) in [4.78, 5) is 29.4. The maximum absolute atomic E-state index is 13.5. The monoisotopic (exact) mass is 579 g/mol. The number of carbonyl (C=O) groups excluding carboxylic acids is 2. The van der Waals surface area contributed by atoms with E-state index >= 15 is 0 Å². The SMILES string of the molecule is COc1ccc(NC(=O)CC2C(=O)N(c3ccc(Cl)cc3)C(=S)N2CCCn2nc(C(F)(F)F)cc2C)cc1. The molecule has 8 nitrogen and oxygen atoms in total. The normalized spacial score (nSPS) is 15.7. The van der Waals surface area contributed by atoms with Crippen molar-refractivity contribution in [3.63, 3.8) is 0 Å². The number of halogens is 4. The molecular formula is C26H25ClF3N5O3S. The molecule has 1 N–H and O–H groups in total. The maximum Gasteiger partial charge on any atom is 0.435 e. The van der Waals surface area contributed by atoms with E-state index in [0.717, 1.165) is 6.07 Å². The van der Waals surface area contributed by atoms with Gasteiger partial charge in [0.2, 0.25) is 5.91 Å². The lowest BCUT2D eigenvalue weighted by Crippen LogP contribution is -2.38. The zero-order valence-corrected chi connectivity index (χ0v) is 22.6. The van der Waals surface area contributed by atoms with E-state index in [-0.39, 0.29) is 30.5 Å². The van der Waals surface area contributed by atoms with Gasteiger partial charge < -0.3 is 15.0 Å². The highest BCUT2D eigenvalue weighted by molar-refractivity contribution is 7.80. The molecule has 1 atom stereocenters. The highest BCUT2D eigenvalue weighted by Gasteiger charge is 2.44. The molecule has 2 amide bonds. The van der Waals surface area contributed by atoms with Crippen LogP contribution in [0.3, 0.4) is 0 Å². The van der Waals surface area contributed by atoms with E-state index in [0.29, 0.717) is 34.3 Å². The third-order valence-electron chi connectivity index (χ3n) is 6.20. The Morgan fingerprint density at radius 1 is 1.13 bits per heavy atom. The number of rotatable bonds is 9. The fourth-order valence-electron chi connectivity index (χ4n) is 4.24. The summed E-state index contributed by atoms with van der Waals surface area (Å²) < 4.78 is 45.5. The average molecular weight is 580 g/mol. The topological polar surface area (TPSA) is 79.7 Å². The molecule has 13 heteroatoms. The lowest BCUT2D eigenvalue weighted by Gasteiger charge is -2.24. The van der Waals surface area contributed by atoms with Crippen molar-refractivity contribution in [2.75, 3.05) is 23.9 Å². The predicted molar refractivity (Wildman–Crippen MR) is 145 cm³/mol. The van der Waals surface area contributed by atoms with Crippen LogP contribution in [0.5, 0.6) is 5.75 Å². The molecule has 1 fully saturated rings. The quantitative estimate of drug-likeness (QED) is 0.347. The lowest BCUT2D eigenvalue weighted by molar-refractivity contribution is -0.141. The van der Waals surface area contributed by atoms with E-state index in [9.17, 15) is 22.8 Å². The molecule has 1 aromatic heterocycles. The summed E-state index contributed by atoms with van der Waals surface area (Å²) in [6, 6.07) is 13.4. The van der Waals surface area contributed by atoms with Crippen LogP contribution in [-0.4, -0.2) is 51.3 Å². The van der Waals surface area contributed by atoms with Gasteiger partial charge in [-0.25, -0.2) is 0 Å².